The molecule has 0 bridgehead atoms. The van der Waals surface area contributed by atoms with E-state index in [0.717, 1.165) is 0 Å². The Bertz CT molecular complexity index is 780. The summed E-state index contributed by atoms with van der Waals surface area (Å²) < 4.78 is 27.3. The van der Waals surface area contributed by atoms with E-state index in [4.69, 9.17) is 23.7 Å². The minimum Gasteiger partial charge on any atom is -0.465 e. The molecule has 0 aliphatic heterocycles. The molecule has 0 spiro atoms. The molecule has 0 radical (unpaired) electrons. The number of rotatable bonds is 8. The third kappa shape index (κ3) is 2.44. The Morgan fingerprint density at radius 1 is 1.14 bits per heavy atom. The minimum absolute atomic E-state index is 0.0196. The van der Waals surface area contributed by atoms with Gasteiger partial charge in [-0.2, -0.15) is 5.26 Å². The number of carbonyl (C=O) groups is 1. The molecule has 2 rings (SSSR count). The molecule has 0 N–H and O–H groups in total. The van der Waals surface area contributed by atoms with Crippen molar-refractivity contribution in [3.05, 3.63) is 39.9 Å². The molecule has 10 nitrogen and oxygen atoms in total. The highest BCUT2D eigenvalue weighted by molar-refractivity contribution is 5.86. The molecule has 0 amide bonds. The first-order chi connectivity index (χ1) is 13.3. The first kappa shape index (κ1) is 21.7. The van der Waals surface area contributed by atoms with E-state index in [1.165, 1.54) is 52.7 Å². The number of nitrogens with zero attached hydrogens (tertiary/aromatic N) is 2. The van der Waals surface area contributed by atoms with E-state index in [9.17, 15) is 20.2 Å². The third-order valence-electron chi connectivity index (χ3n) is 5.18. The SMILES string of the molecule is CCOC(=O)C1(C#N)C(c2ccc([N+](=O)[O-])cc2)C(OC)(OC)C1(OC)OC. The van der Waals surface area contributed by atoms with Crippen LogP contribution in [-0.2, 0) is 28.5 Å². The number of ether oxygens (including phenoxy) is 5. The van der Waals surface area contributed by atoms with Crippen LogP contribution in [-0.4, -0.2) is 57.5 Å². The van der Waals surface area contributed by atoms with Gasteiger partial charge in [0.2, 0.25) is 11.2 Å². The lowest BCUT2D eigenvalue weighted by Gasteiger charge is -2.66. The Labute approximate surface area is 162 Å². The van der Waals surface area contributed by atoms with Gasteiger partial charge in [0, 0.05) is 40.6 Å². The van der Waals surface area contributed by atoms with Crippen LogP contribution >= 0.6 is 0 Å². The Balaban J connectivity index is 2.78. The van der Waals surface area contributed by atoms with Crippen molar-refractivity contribution in [1.82, 2.24) is 0 Å². The second kappa shape index (κ2) is 7.81. The Kier molecular flexibility index (Phi) is 6.06. The van der Waals surface area contributed by atoms with Gasteiger partial charge in [-0.15, -0.1) is 0 Å². The summed E-state index contributed by atoms with van der Waals surface area (Å²) in [7, 11) is 5.16. The highest BCUT2D eigenvalue weighted by Crippen LogP contribution is 2.69. The zero-order valence-corrected chi connectivity index (χ0v) is 16.3. The van der Waals surface area contributed by atoms with Gasteiger partial charge in [-0.3, -0.25) is 14.9 Å². The first-order valence-corrected chi connectivity index (χ1v) is 8.35. The fraction of sp³-hybridized carbons (Fsp3) is 0.556. The molecular formula is C18H22N2O8. The number of non-ortho nitro benzene ring substituents is 1. The van der Waals surface area contributed by atoms with Gasteiger partial charge >= 0.3 is 5.97 Å². The van der Waals surface area contributed by atoms with Crippen molar-refractivity contribution >= 4 is 11.7 Å². The van der Waals surface area contributed by atoms with Crippen LogP contribution in [0.15, 0.2) is 24.3 Å². The van der Waals surface area contributed by atoms with E-state index < -0.39 is 33.8 Å². The topological polar surface area (TPSA) is 130 Å². The Hall–Kier alpha value is -2.58. The van der Waals surface area contributed by atoms with E-state index in [-0.39, 0.29) is 12.3 Å². The number of esters is 1. The minimum atomic E-state index is -1.99. The predicted molar refractivity (Wildman–Crippen MR) is 94.0 cm³/mol. The summed E-state index contributed by atoms with van der Waals surface area (Å²) in [6.45, 7) is 1.62. The van der Waals surface area contributed by atoms with Crippen LogP contribution in [0.1, 0.15) is 18.4 Å². The van der Waals surface area contributed by atoms with Gasteiger partial charge in [0.25, 0.3) is 11.5 Å². The average molecular weight is 394 g/mol. The normalized spacial score (nSPS) is 24.6. The third-order valence-corrected chi connectivity index (χ3v) is 5.18. The standard InChI is InChI=1S/C18H22N2O8/c1-6-28-15(21)16(11-19)14(12-7-9-13(10-8-12)20(22)23)17(24-2,25-3)18(16,26-4)27-5/h7-10,14H,6H2,1-5H3. The van der Waals surface area contributed by atoms with Crippen LogP contribution < -0.4 is 0 Å². The summed E-state index contributed by atoms with van der Waals surface area (Å²) in [4.78, 5) is 23.4. The van der Waals surface area contributed by atoms with Gasteiger partial charge in [-0.1, -0.05) is 12.1 Å². The molecule has 1 aliphatic carbocycles. The lowest BCUT2D eigenvalue weighted by molar-refractivity contribution is -0.483. The van der Waals surface area contributed by atoms with E-state index in [1.54, 1.807) is 6.92 Å². The molecule has 2 unspecified atom stereocenters. The van der Waals surface area contributed by atoms with E-state index in [1.807, 2.05) is 6.07 Å². The average Bonchev–Trinajstić information content (AvgIpc) is 2.70. The van der Waals surface area contributed by atoms with Crippen molar-refractivity contribution in [2.45, 2.75) is 24.4 Å². The number of benzene rings is 1. The van der Waals surface area contributed by atoms with Crippen LogP contribution in [0.3, 0.4) is 0 Å². The molecule has 1 fully saturated rings. The van der Waals surface area contributed by atoms with Gasteiger partial charge in [-0.05, 0) is 12.5 Å². The highest BCUT2D eigenvalue weighted by atomic mass is 16.8. The van der Waals surface area contributed by atoms with Crippen molar-refractivity contribution in [2.24, 2.45) is 5.41 Å². The van der Waals surface area contributed by atoms with Gasteiger partial charge in [0.15, 0.2) is 0 Å². The number of methoxy groups -OCH3 is 4. The molecule has 2 atom stereocenters. The predicted octanol–water partition coefficient (Wildman–Crippen LogP) is 1.74. The fourth-order valence-electron chi connectivity index (χ4n) is 4.08. The molecule has 0 saturated heterocycles. The van der Waals surface area contributed by atoms with Crippen LogP contribution in [0.5, 0.6) is 0 Å². The van der Waals surface area contributed by atoms with Crippen LogP contribution in [0.4, 0.5) is 5.69 Å². The highest BCUT2D eigenvalue weighted by Gasteiger charge is 2.89. The first-order valence-electron chi connectivity index (χ1n) is 8.35. The van der Waals surface area contributed by atoms with Gasteiger partial charge in [0.05, 0.1) is 23.5 Å². The lowest BCUT2D eigenvalue weighted by atomic mass is 9.49. The van der Waals surface area contributed by atoms with Crippen LogP contribution in [0, 0.1) is 26.9 Å². The number of nitro benzene ring substituents is 1. The maximum absolute atomic E-state index is 13.0. The molecule has 1 aromatic carbocycles. The zero-order valence-electron chi connectivity index (χ0n) is 16.3. The molecule has 1 aromatic rings. The summed E-state index contributed by atoms with van der Waals surface area (Å²) in [6.07, 6.45) is 0. The summed E-state index contributed by atoms with van der Waals surface area (Å²) in [5, 5.41) is 21.1. The molecule has 0 heterocycles. The van der Waals surface area contributed by atoms with Gasteiger partial charge in [0.1, 0.15) is 0 Å². The molecule has 152 valence electrons. The lowest BCUT2D eigenvalue weighted by Crippen LogP contribution is -2.85. The molecule has 28 heavy (non-hydrogen) atoms. The van der Waals surface area contributed by atoms with Crippen LogP contribution in [0.2, 0.25) is 0 Å². The monoisotopic (exact) mass is 394 g/mol. The van der Waals surface area contributed by atoms with Crippen molar-refractivity contribution in [1.29, 1.82) is 5.26 Å². The second-order valence-corrected chi connectivity index (χ2v) is 6.02. The van der Waals surface area contributed by atoms with Crippen molar-refractivity contribution in [3.8, 4) is 6.07 Å². The van der Waals surface area contributed by atoms with Crippen LogP contribution in [0.25, 0.3) is 0 Å². The maximum atomic E-state index is 13.0. The number of hydrogen-bond acceptors (Lipinski definition) is 9. The van der Waals surface area contributed by atoms with E-state index >= 15 is 0 Å². The van der Waals surface area contributed by atoms with E-state index in [0.29, 0.717) is 5.56 Å². The second-order valence-electron chi connectivity index (χ2n) is 6.02. The summed E-state index contributed by atoms with van der Waals surface area (Å²) >= 11 is 0. The summed E-state index contributed by atoms with van der Waals surface area (Å²) in [5.74, 6) is -5.58. The van der Waals surface area contributed by atoms with E-state index in [2.05, 4.69) is 0 Å². The van der Waals surface area contributed by atoms with Crippen molar-refractivity contribution in [2.75, 3.05) is 35.0 Å². The number of nitro groups is 1. The zero-order chi connectivity index (χ0) is 21.2. The quantitative estimate of drug-likeness (QED) is 0.280. The Morgan fingerprint density at radius 2 is 1.68 bits per heavy atom. The fourth-order valence-corrected chi connectivity index (χ4v) is 4.08. The van der Waals surface area contributed by atoms with Gasteiger partial charge in [-0.25, -0.2) is 0 Å². The maximum Gasteiger partial charge on any atom is 0.333 e. The number of hydrogen-bond donors (Lipinski definition) is 0. The molecule has 0 aromatic heterocycles. The molecular weight excluding hydrogens is 372 g/mol. The molecule has 10 heteroatoms. The molecule has 1 aliphatic rings. The number of carbonyl (C=O) groups excluding carboxylic acids is 1. The molecule has 1 saturated carbocycles. The van der Waals surface area contributed by atoms with Crippen molar-refractivity contribution < 1.29 is 33.4 Å². The summed E-state index contributed by atoms with van der Waals surface area (Å²) in [5.41, 5.74) is -1.75. The summed E-state index contributed by atoms with van der Waals surface area (Å²) in [6, 6.07) is 7.36. The van der Waals surface area contributed by atoms with Gasteiger partial charge < -0.3 is 23.7 Å². The smallest absolute Gasteiger partial charge is 0.333 e. The van der Waals surface area contributed by atoms with Crippen molar-refractivity contribution in [3.63, 3.8) is 0 Å². The number of nitriles is 1. The largest absolute Gasteiger partial charge is 0.465 e. The Morgan fingerprint density at radius 3 is 2.04 bits per heavy atom.